The quantitative estimate of drug-likeness (QED) is 0.184. The van der Waals surface area contributed by atoms with Crippen LogP contribution in [0.15, 0.2) is 0 Å². The zero-order chi connectivity index (χ0) is 21.6. The summed E-state index contributed by atoms with van der Waals surface area (Å²) in [6.07, 6.45) is 9.97. The van der Waals surface area contributed by atoms with Gasteiger partial charge in [0.05, 0.1) is 53.4 Å². The number of hydrogen-bond donors (Lipinski definition) is 1. The molecule has 0 bridgehead atoms. The van der Waals surface area contributed by atoms with E-state index in [1.807, 2.05) is 0 Å². The Hall–Kier alpha value is -1.66. The Kier molecular flexibility index (Phi) is 19.9. The van der Waals surface area contributed by atoms with Crippen LogP contribution in [0.2, 0.25) is 0 Å². The summed E-state index contributed by atoms with van der Waals surface area (Å²) < 4.78 is 25.9. The number of hydrogen-bond acceptors (Lipinski definition) is 7. The van der Waals surface area contributed by atoms with Crippen molar-refractivity contribution in [3.63, 3.8) is 0 Å². The van der Waals surface area contributed by atoms with E-state index in [2.05, 4.69) is 18.2 Å². The molecule has 0 aliphatic heterocycles. The minimum Gasteiger partial charge on any atom is -0.467 e. The smallest absolute Gasteiger partial charge is 0.328 e. The molecule has 0 rings (SSSR count). The Labute approximate surface area is 174 Å². The van der Waals surface area contributed by atoms with E-state index in [-0.39, 0.29) is 25.5 Å². The fourth-order valence-electron chi connectivity index (χ4n) is 2.39. The van der Waals surface area contributed by atoms with Gasteiger partial charge >= 0.3 is 5.97 Å². The molecule has 0 saturated carbocycles. The third kappa shape index (κ3) is 18.1. The minimum atomic E-state index is -0.593. The molecule has 0 fully saturated rings. The van der Waals surface area contributed by atoms with E-state index in [0.717, 1.165) is 25.7 Å². The lowest BCUT2D eigenvalue weighted by molar-refractivity contribution is -0.145. The van der Waals surface area contributed by atoms with Crippen LogP contribution in [-0.2, 0) is 33.3 Å². The zero-order valence-electron chi connectivity index (χ0n) is 17.9. The number of carbonyl (C=O) groups is 2. The molecule has 0 aromatic carbocycles. The van der Waals surface area contributed by atoms with Gasteiger partial charge in [-0.1, -0.05) is 38.5 Å². The Morgan fingerprint density at radius 3 is 2.03 bits per heavy atom. The predicted molar refractivity (Wildman–Crippen MR) is 109 cm³/mol. The van der Waals surface area contributed by atoms with Gasteiger partial charge in [-0.15, -0.1) is 6.42 Å². The van der Waals surface area contributed by atoms with Crippen LogP contribution in [0.4, 0.5) is 0 Å². The van der Waals surface area contributed by atoms with Crippen molar-refractivity contribution in [2.75, 3.05) is 60.0 Å². The van der Waals surface area contributed by atoms with Gasteiger partial charge in [0, 0.05) is 6.42 Å². The molecule has 0 heterocycles. The van der Waals surface area contributed by atoms with Gasteiger partial charge in [-0.25, -0.2) is 4.79 Å². The fourth-order valence-corrected chi connectivity index (χ4v) is 2.39. The highest BCUT2D eigenvalue weighted by molar-refractivity contribution is 5.84. The number of esters is 1. The summed E-state index contributed by atoms with van der Waals surface area (Å²) in [5.74, 6) is 1.74. The molecule has 0 saturated heterocycles. The van der Waals surface area contributed by atoms with E-state index in [1.165, 1.54) is 7.11 Å². The van der Waals surface area contributed by atoms with Gasteiger partial charge in [-0.3, -0.25) is 4.79 Å². The molecule has 0 spiro atoms. The Morgan fingerprint density at radius 2 is 1.48 bits per heavy atom. The summed E-state index contributed by atoms with van der Waals surface area (Å²) in [5, 5.41) is 2.73. The molecule has 8 nitrogen and oxygen atoms in total. The highest BCUT2D eigenvalue weighted by Gasteiger charge is 2.20. The van der Waals surface area contributed by atoms with E-state index < -0.39 is 12.0 Å². The van der Waals surface area contributed by atoms with Crippen molar-refractivity contribution in [1.29, 1.82) is 0 Å². The molecule has 0 radical (unpaired) electrons. The van der Waals surface area contributed by atoms with Gasteiger partial charge in [0.25, 0.3) is 0 Å². The van der Waals surface area contributed by atoms with Crippen LogP contribution in [0, 0.1) is 12.3 Å². The van der Waals surface area contributed by atoms with Gasteiger partial charge in [-0.2, -0.15) is 0 Å². The maximum absolute atomic E-state index is 12.0. The number of carbonyl (C=O) groups excluding carboxylic acids is 2. The van der Waals surface area contributed by atoms with E-state index in [4.69, 9.17) is 30.1 Å². The molecule has 0 aliphatic rings. The van der Waals surface area contributed by atoms with Crippen molar-refractivity contribution in [1.82, 2.24) is 5.32 Å². The summed E-state index contributed by atoms with van der Waals surface area (Å²) >= 11 is 0. The monoisotopic (exact) mass is 415 g/mol. The average Bonchev–Trinajstić information content (AvgIpc) is 2.73. The number of nitrogens with one attached hydrogen (secondary N) is 1. The van der Waals surface area contributed by atoms with E-state index >= 15 is 0 Å². The van der Waals surface area contributed by atoms with Gasteiger partial charge in [0.2, 0.25) is 5.91 Å². The lowest BCUT2D eigenvalue weighted by Gasteiger charge is -2.16. The van der Waals surface area contributed by atoms with Crippen LogP contribution in [0.3, 0.4) is 0 Å². The largest absolute Gasteiger partial charge is 0.467 e. The highest BCUT2D eigenvalue weighted by Crippen LogP contribution is 2.07. The van der Waals surface area contributed by atoms with Crippen LogP contribution in [0.25, 0.3) is 0 Å². The minimum absolute atomic E-state index is 0.184. The van der Waals surface area contributed by atoms with Crippen molar-refractivity contribution in [3.8, 4) is 12.3 Å². The molecule has 8 heteroatoms. The number of terminal acetylenes is 1. The van der Waals surface area contributed by atoms with Crippen molar-refractivity contribution >= 4 is 11.9 Å². The topological polar surface area (TPSA) is 92.3 Å². The third-order valence-corrected chi connectivity index (χ3v) is 3.94. The van der Waals surface area contributed by atoms with Crippen LogP contribution >= 0.6 is 0 Å². The van der Waals surface area contributed by atoms with E-state index in [0.29, 0.717) is 46.1 Å². The van der Waals surface area contributed by atoms with Crippen molar-refractivity contribution in [2.24, 2.45) is 0 Å². The third-order valence-electron chi connectivity index (χ3n) is 3.94. The van der Waals surface area contributed by atoms with Crippen LogP contribution in [-0.4, -0.2) is 77.9 Å². The first kappa shape index (κ1) is 27.3. The van der Waals surface area contributed by atoms with Gasteiger partial charge in [-0.05, 0) is 6.42 Å². The van der Waals surface area contributed by atoms with Gasteiger partial charge in [0.1, 0.15) is 12.6 Å². The van der Waals surface area contributed by atoms with Crippen LogP contribution < -0.4 is 5.32 Å². The molecule has 1 N–H and O–H groups in total. The van der Waals surface area contributed by atoms with Crippen molar-refractivity contribution in [3.05, 3.63) is 0 Å². The maximum Gasteiger partial charge on any atom is 0.328 e. The molecule has 1 amide bonds. The first-order valence-electron chi connectivity index (χ1n) is 10.3. The molecule has 29 heavy (non-hydrogen) atoms. The zero-order valence-corrected chi connectivity index (χ0v) is 17.9. The molecule has 168 valence electrons. The lowest BCUT2D eigenvalue weighted by atomic mass is 10.1. The molecule has 1 atom stereocenters. The molecule has 0 aromatic rings. The SMILES string of the molecule is C#CCOCCOCCOCCOCCC(=O)N[C@@H](CCCCCC)C(=O)OC. The fraction of sp³-hybridized carbons (Fsp3) is 0.810. The number of methoxy groups -OCH3 is 1. The van der Waals surface area contributed by atoms with Crippen molar-refractivity contribution in [2.45, 2.75) is 51.5 Å². The standard InChI is InChI=1S/C21H37NO7/c1-4-6-7-8-9-19(21(24)25-3)22-20(23)10-12-27-14-16-29-18-17-28-15-13-26-11-5-2/h2,19H,4,6-18H2,1,3H3,(H,22,23)/t19-/m0/s1. The second-order valence-corrected chi connectivity index (χ2v) is 6.34. The van der Waals surface area contributed by atoms with E-state index in [1.54, 1.807) is 0 Å². The number of ether oxygens (including phenoxy) is 5. The molecule has 0 aliphatic carbocycles. The Morgan fingerprint density at radius 1 is 0.897 bits per heavy atom. The summed E-state index contributed by atoms with van der Waals surface area (Å²) in [6, 6.07) is -0.593. The summed E-state index contributed by atoms with van der Waals surface area (Å²) in [4.78, 5) is 23.8. The second-order valence-electron chi connectivity index (χ2n) is 6.34. The van der Waals surface area contributed by atoms with Crippen LogP contribution in [0.1, 0.15) is 45.4 Å². The average molecular weight is 416 g/mol. The normalized spacial score (nSPS) is 11.6. The summed E-state index contributed by atoms with van der Waals surface area (Å²) in [6.45, 7) is 5.34. The first-order valence-corrected chi connectivity index (χ1v) is 10.3. The predicted octanol–water partition coefficient (Wildman–Crippen LogP) is 1.70. The Balaban J connectivity index is 3.63. The number of unbranched alkanes of at least 4 members (excludes halogenated alkanes) is 3. The molecule has 0 unspecified atom stereocenters. The highest BCUT2D eigenvalue weighted by atomic mass is 16.6. The number of amides is 1. The lowest BCUT2D eigenvalue weighted by Crippen LogP contribution is -2.41. The molecular formula is C21H37NO7. The molecule has 0 aromatic heterocycles. The van der Waals surface area contributed by atoms with Gasteiger partial charge < -0.3 is 29.0 Å². The first-order chi connectivity index (χ1) is 14.2. The Bertz CT molecular complexity index is 451. The second kappa shape index (κ2) is 21.1. The summed E-state index contributed by atoms with van der Waals surface area (Å²) in [7, 11) is 1.33. The maximum atomic E-state index is 12.0. The van der Waals surface area contributed by atoms with E-state index in [9.17, 15) is 9.59 Å². The number of rotatable bonds is 20. The molecular weight excluding hydrogens is 378 g/mol. The van der Waals surface area contributed by atoms with Crippen LogP contribution in [0.5, 0.6) is 0 Å². The van der Waals surface area contributed by atoms with Gasteiger partial charge in [0.15, 0.2) is 0 Å². The van der Waals surface area contributed by atoms with Crippen molar-refractivity contribution < 1.29 is 33.3 Å². The summed E-state index contributed by atoms with van der Waals surface area (Å²) in [5.41, 5.74) is 0.